The molecule has 0 bridgehead atoms. The molecule has 2 heteroatoms. The van der Waals surface area contributed by atoms with E-state index in [0.717, 1.165) is 25.5 Å². The standard InChI is InChI=1S/C13H16O2/c1-2-5-13-6-3-10(9-14)12(13)8-11(15)4-7-13/h2,4,7,9-10,12H,1,3,5-6,8H2/t10-,12-,13-/m1/s1. The van der Waals surface area contributed by atoms with Gasteiger partial charge in [0.25, 0.3) is 0 Å². The second kappa shape index (κ2) is 3.76. The van der Waals surface area contributed by atoms with Crippen LogP contribution in [0.4, 0.5) is 0 Å². The van der Waals surface area contributed by atoms with E-state index in [1.165, 1.54) is 0 Å². The van der Waals surface area contributed by atoms with Crippen LogP contribution in [0.1, 0.15) is 25.7 Å². The van der Waals surface area contributed by atoms with Gasteiger partial charge in [-0.2, -0.15) is 0 Å². The molecular formula is C13H16O2. The van der Waals surface area contributed by atoms with Gasteiger partial charge in [-0.25, -0.2) is 0 Å². The summed E-state index contributed by atoms with van der Waals surface area (Å²) in [6.07, 6.45) is 9.99. The number of ketones is 1. The minimum Gasteiger partial charge on any atom is -0.303 e. The third kappa shape index (κ3) is 1.58. The zero-order chi connectivity index (χ0) is 10.9. The van der Waals surface area contributed by atoms with E-state index < -0.39 is 0 Å². The molecule has 2 aliphatic rings. The molecule has 3 atom stereocenters. The van der Waals surface area contributed by atoms with Crippen LogP contribution in [0.25, 0.3) is 0 Å². The van der Waals surface area contributed by atoms with Gasteiger partial charge in [0.2, 0.25) is 0 Å². The fraction of sp³-hybridized carbons (Fsp3) is 0.538. The Balaban J connectivity index is 2.33. The largest absolute Gasteiger partial charge is 0.303 e. The van der Waals surface area contributed by atoms with Gasteiger partial charge in [0, 0.05) is 12.3 Å². The van der Waals surface area contributed by atoms with Gasteiger partial charge in [-0.1, -0.05) is 12.2 Å². The lowest BCUT2D eigenvalue weighted by Gasteiger charge is -2.35. The summed E-state index contributed by atoms with van der Waals surface area (Å²) in [7, 11) is 0. The smallest absolute Gasteiger partial charge is 0.155 e. The number of carbonyl (C=O) groups is 2. The van der Waals surface area contributed by atoms with Gasteiger partial charge < -0.3 is 4.79 Å². The molecule has 2 rings (SSSR count). The van der Waals surface area contributed by atoms with Crippen molar-refractivity contribution in [1.29, 1.82) is 0 Å². The molecule has 80 valence electrons. The van der Waals surface area contributed by atoms with Crippen LogP contribution in [0, 0.1) is 17.3 Å². The molecule has 0 amide bonds. The number of carbonyl (C=O) groups excluding carboxylic acids is 2. The second-order valence-corrected chi connectivity index (χ2v) is 4.67. The van der Waals surface area contributed by atoms with Crippen LogP contribution in [0.2, 0.25) is 0 Å². The van der Waals surface area contributed by atoms with E-state index in [2.05, 4.69) is 6.58 Å². The average Bonchev–Trinajstić information content (AvgIpc) is 2.57. The van der Waals surface area contributed by atoms with Gasteiger partial charge in [0.1, 0.15) is 6.29 Å². The Bertz CT molecular complexity index is 329. The number of hydrogen-bond donors (Lipinski definition) is 0. The molecule has 2 nitrogen and oxygen atoms in total. The Morgan fingerprint density at radius 3 is 3.07 bits per heavy atom. The van der Waals surface area contributed by atoms with Crippen molar-refractivity contribution < 1.29 is 9.59 Å². The molecule has 0 aliphatic heterocycles. The maximum atomic E-state index is 11.4. The molecule has 0 aromatic carbocycles. The predicted octanol–water partition coefficient (Wildman–Crippen LogP) is 2.30. The van der Waals surface area contributed by atoms with Crippen LogP contribution in [0.3, 0.4) is 0 Å². The molecule has 15 heavy (non-hydrogen) atoms. The highest BCUT2D eigenvalue weighted by Crippen LogP contribution is 2.53. The highest BCUT2D eigenvalue weighted by Gasteiger charge is 2.47. The highest BCUT2D eigenvalue weighted by molar-refractivity contribution is 5.91. The topological polar surface area (TPSA) is 34.1 Å². The molecule has 0 N–H and O–H groups in total. The first-order valence-corrected chi connectivity index (χ1v) is 5.50. The first-order valence-electron chi connectivity index (χ1n) is 5.50. The zero-order valence-corrected chi connectivity index (χ0v) is 8.82. The van der Waals surface area contributed by atoms with Gasteiger partial charge in [-0.05, 0) is 36.7 Å². The van der Waals surface area contributed by atoms with E-state index in [1.807, 2.05) is 12.2 Å². The normalized spacial score (nSPS) is 38.8. The first kappa shape index (κ1) is 10.3. The number of fused-ring (bicyclic) bond motifs is 1. The van der Waals surface area contributed by atoms with E-state index in [9.17, 15) is 9.59 Å². The van der Waals surface area contributed by atoms with Gasteiger partial charge in [0.05, 0.1) is 0 Å². The summed E-state index contributed by atoms with van der Waals surface area (Å²) < 4.78 is 0. The molecule has 1 saturated carbocycles. The minimum absolute atomic E-state index is 0.0429. The van der Waals surface area contributed by atoms with Crippen molar-refractivity contribution in [3.63, 3.8) is 0 Å². The van der Waals surface area contributed by atoms with Crippen LogP contribution in [0.5, 0.6) is 0 Å². The number of aldehydes is 1. The molecule has 0 aromatic heterocycles. The lowest BCUT2D eigenvalue weighted by atomic mass is 9.68. The van der Waals surface area contributed by atoms with Crippen molar-refractivity contribution in [2.24, 2.45) is 17.3 Å². The maximum Gasteiger partial charge on any atom is 0.155 e. The van der Waals surface area contributed by atoms with E-state index in [1.54, 1.807) is 6.08 Å². The summed E-state index contributed by atoms with van der Waals surface area (Å²) in [5, 5.41) is 0. The Morgan fingerprint density at radius 2 is 2.40 bits per heavy atom. The molecular weight excluding hydrogens is 188 g/mol. The Labute approximate surface area is 90.1 Å². The molecule has 0 heterocycles. The monoisotopic (exact) mass is 204 g/mol. The quantitative estimate of drug-likeness (QED) is 0.522. The third-order valence-corrected chi connectivity index (χ3v) is 3.92. The van der Waals surface area contributed by atoms with Crippen LogP contribution in [0.15, 0.2) is 24.8 Å². The summed E-state index contributed by atoms with van der Waals surface area (Å²) in [5.74, 6) is 0.442. The van der Waals surface area contributed by atoms with E-state index >= 15 is 0 Å². The molecule has 1 fully saturated rings. The SMILES string of the molecule is C=CC[C@@]12C=CC(=O)C[C@@H]1[C@@H](C=O)CC2. The third-order valence-electron chi connectivity index (χ3n) is 3.92. The first-order chi connectivity index (χ1) is 7.22. The molecule has 0 saturated heterocycles. The second-order valence-electron chi connectivity index (χ2n) is 4.67. The fourth-order valence-electron chi connectivity index (χ4n) is 3.11. The van der Waals surface area contributed by atoms with Crippen LogP contribution < -0.4 is 0 Å². The van der Waals surface area contributed by atoms with Gasteiger partial charge in [-0.15, -0.1) is 6.58 Å². The van der Waals surface area contributed by atoms with E-state index in [0.29, 0.717) is 6.42 Å². The van der Waals surface area contributed by atoms with Crippen molar-refractivity contribution >= 4 is 12.1 Å². The summed E-state index contributed by atoms with van der Waals surface area (Å²) in [6, 6.07) is 0. The Kier molecular flexibility index (Phi) is 2.59. The summed E-state index contributed by atoms with van der Waals surface area (Å²) in [5.41, 5.74) is 0.0429. The molecule has 0 radical (unpaired) electrons. The molecule has 0 unspecified atom stereocenters. The van der Waals surface area contributed by atoms with Crippen LogP contribution in [-0.2, 0) is 9.59 Å². The molecule has 2 aliphatic carbocycles. The van der Waals surface area contributed by atoms with Crippen molar-refractivity contribution in [2.45, 2.75) is 25.7 Å². The van der Waals surface area contributed by atoms with Crippen molar-refractivity contribution in [3.05, 3.63) is 24.8 Å². The van der Waals surface area contributed by atoms with Crippen LogP contribution in [-0.4, -0.2) is 12.1 Å². The zero-order valence-electron chi connectivity index (χ0n) is 8.82. The van der Waals surface area contributed by atoms with E-state index in [4.69, 9.17) is 0 Å². The summed E-state index contributed by atoms with van der Waals surface area (Å²) >= 11 is 0. The van der Waals surface area contributed by atoms with Gasteiger partial charge in [0.15, 0.2) is 5.78 Å². The average molecular weight is 204 g/mol. The minimum atomic E-state index is 0.0429. The van der Waals surface area contributed by atoms with Crippen LogP contribution >= 0.6 is 0 Å². The lowest BCUT2D eigenvalue weighted by Crippen LogP contribution is -2.31. The summed E-state index contributed by atoms with van der Waals surface area (Å²) in [4.78, 5) is 22.3. The lowest BCUT2D eigenvalue weighted by molar-refractivity contribution is -0.118. The highest BCUT2D eigenvalue weighted by atomic mass is 16.1. The molecule has 0 spiro atoms. The molecule has 0 aromatic rings. The predicted molar refractivity (Wildman–Crippen MR) is 58.3 cm³/mol. The number of hydrogen-bond acceptors (Lipinski definition) is 2. The van der Waals surface area contributed by atoms with E-state index in [-0.39, 0.29) is 23.0 Å². The van der Waals surface area contributed by atoms with Gasteiger partial charge in [-0.3, -0.25) is 4.79 Å². The van der Waals surface area contributed by atoms with Gasteiger partial charge >= 0.3 is 0 Å². The fourth-order valence-corrected chi connectivity index (χ4v) is 3.11. The Morgan fingerprint density at radius 1 is 1.60 bits per heavy atom. The number of allylic oxidation sites excluding steroid dienone is 3. The van der Waals surface area contributed by atoms with Crippen molar-refractivity contribution in [3.8, 4) is 0 Å². The maximum absolute atomic E-state index is 11.4. The van der Waals surface area contributed by atoms with Crippen molar-refractivity contribution in [1.82, 2.24) is 0 Å². The Hall–Kier alpha value is -1.18. The number of rotatable bonds is 3. The van der Waals surface area contributed by atoms with Crippen molar-refractivity contribution in [2.75, 3.05) is 0 Å². The summed E-state index contributed by atoms with van der Waals surface area (Å²) in [6.45, 7) is 3.77.